The highest BCUT2D eigenvalue weighted by molar-refractivity contribution is 5.80. The predicted molar refractivity (Wildman–Crippen MR) is 104 cm³/mol. The van der Waals surface area contributed by atoms with Crippen molar-refractivity contribution in [1.29, 1.82) is 0 Å². The minimum absolute atomic E-state index is 0.538. The minimum Gasteiger partial charge on any atom is -0.0646 e. The maximum atomic E-state index is 2.51. The number of fused-ring (bicyclic) bond motifs is 1. The summed E-state index contributed by atoms with van der Waals surface area (Å²) in [6.07, 6.45) is 12.0. The van der Waals surface area contributed by atoms with E-state index in [9.17, 15) is 0 Å². The van der Waals surface area contributed by atoms with E-state index in [0.717, 1.165) is 6.42 Å². The van der Waals surface area contributed by atoms with Gasteiger partial charge in [-0.2, -0.15) is 0 Å². The van der Waals surface area contributed by atoms with E-state index in [1.165, 1.54) is 66.3 Å². The van der Waals surface area contributed by atoms with E-state index in [1.807, 2.05) is 0 Å². The van der Waals surface area contributed by atoms with Crippen LogP contribution in [0.4, 0.5) is 0 Å². The third-order valence-corrected chi connectivity index (χ3v) is 6.04. The second-order valence-corrected chi connectivity index (χ2v) is 8.27. The van der Waals surface area contributed by atoms with Crippen LogP contribution in [-0.2, 0) is 6.42 Å². The predicted octanol–water partition coefficient (Wildman–Crippen LogP) is 6.96. The Morgan fingerprint density at radius 3 is 2.42 bits per heavy atom. The standard InChI is InChI=1S/C24H28/c1-18-9-11-20(12-10-18)22-8-6-7-21-15-19(16-23(21)22)17-24(2)13-4-3-5-14-24/h6-12,16H,3-5,13-15,17H2,1-2H3. The minimum atomic E-state index is 0.538. The lowest BCUT2D eigenvalue weighted by Crippen LogP contribution is -2.20. The van der Waals surface area contributed by atoms with Crippen molar-refractivity contribution in [3.63, 3.8) is 0 Å². The van der Waals surface area contributed by atoms with Crippen LogP contribution in [0.5, 0.6) is 0 Å². The van der Waals surface area contributed by atoms with Crippen LogP contribution < -0.4 is 0 Å². The second-order valence-electron chi connectivity index (χ2n) is 8.27. The molecule has 0 saturated heterocycles. The Morgan fingerprint density at radius 2 is 1.67 bits per heavy atom. The van der Waals surface area contributed by atoms with Crippen LogP contribution in [0.2, 0.25) is 0 Å². The molecule has 0 aliphatic heterocycles. The Balaban J connectivity index is 1.63. The molecule has 0 N–H and O–H groups in total. The highest BCUT2D eigenvalue weighted by Gasteiger charge is 2.29. The molecule has 4 rings (SSSR count). The Morgan fingerprint density at radius 1 is 0.917 bits per heavy atom. The lowest BCUT2D eigenvalue weighted by molar-refractivity contribution is 0.214. The van der Waals surface area contributed by atoms with Gasteiger partial charge in [0.1, 0.15) is 0 Å². The summed E-state index contributed by atoms with van der Waals surface area (Å²) in [6.45, 7) is 4.67. The Bertz CT molecular complexity index is 755. The number of aryl methyl sites for hydroxylation is 1. The Hall–Kier alpha value is -1.82. The van der Waals surface area contributed by atoms with Crippen molar-refractivity contribution in [3.05, 3.63) is 64.7 Å². The smallest absolute Gasteiger partial charge is 0.00574 e. The molecule has 2 aliphatic carbocycles. The fourth-order valence-electron chi connectivity index (χ4n) is 4.67. The van der Waals surface area contributed by atoms with Gasteiger partial charge in [0, 0.05) is 0 Å². The summed E-state index contributed by atoms with van der Waals surface area (Å²) in [5, 5.41) is 0. The van der Waals surface area contributed by atoms with Gasteiger partial charge in [-0.05, 0) is 60.3 Å². The van der Waals surface area contributed by atoms with E-state index >= 15 is 0 Å². The van der Waals surface area contributed by atoms with E-state index in [0.29, 0.717) is 5.41 Å². The van der Waals surface area contributed by atoms with Gasteiger partial charge in [-0.25, -0.2) is 0 Å². The molecule has 0 heteroatoms. The van der Waals surface area contributed by atoms with E-state index in [4.69, 9.17) is 0 Å². The van der Waals surface area contributed by atoms with Gasteiger partial charge >= 0.3 is 0 Å². The topological polar surface area (TPSA) is 0 Å². The van der Waals surface area contributed by atoms with Crippen LogP contribution in [0.15, 0.2) is 48.0 Å². The van der Waals surface area contributed by atoms with Gasteiger partial charge in [0.05, 0.1) is 0 Å². The summed E-state index contributed by atoms with van der Waals surface area (Å²) in [7, 11) is 0. The molecule has 2 aromatic carbocycles. The van der Waals surface area contributed by atoms with E-state index in [2.05, 4.69) is 62.4 Å². The van der Waals surface area contributed by atoms with Crippen molar-refractivity contribution in [1.82, 2.24) is 0 Å². The number of rotatable bonds is 3. The van der Waals surface area contributed by atoms with Gasteiger partial charge in [-0.1, -0.05) is 85.9 Å². The number of benzene rings is 2. The maximum absolute atomic E-state index is 2.51. The molecule has 124 valence electrons. The molecule has 0 amide bonds. The molecular weight excluding hydrogens is 288 g/mol. The third kappa shape index (κ3) is 3.07. The first-order valence-electron chi connectivity index (χ1n) is 9.51. The lowest BCUT2D eigenvalue weighted by atomic mass is 9.71. The molecule has 0 nitrogen and oxygen atoms in total. The molecular formula is C24H28. The van der Waals surface area contributed by atoms with Gasteiger partial charge in [0.2, 0.25) is 0 Å². The van der Waals surface area contributed by atoms with Crippen molar-refractivity contribution in [2.24, 2.45) is 5.41 Å². The average molecular weight is 316 g/mol. The number of allylic oxidation sites excluding steroid dienone is 1. The highest BCUT2D eigenvalue weighted by Crippen LogP contribution is 2.44. The van der Waals surface area contributed by atoms with E-state index in [-0.39, 0.29) is 0 Å². The summed E-state index contributed by atoms with van der Waals surface area (Å²) in [6, 6.07) is 15.8. The quantitative estimate of drug-likeness (QED) is 0.574. The van der Waals surface area contributed by atoms with Gasteiger partial charge < -0.3 is 0 Å². The number of hydrogen-bond acceptors (Lipinski definition) is 0. The Labute approximate surface area is 146 Å². The summed E-state index contributed by atoms with van der Waals surface area (Å²) >= 11 is 0. The fraction of sp³-hybridized carbons (Fsp3) is 0.417. The summed E-state index contributed by atoms with van der Waals surface area (Å²) in [5.41, 5.74) is 9.24. The third-order valence-electron chi connectivity index (χ3n) is 6.04. The van der Waals surface area contributed by atoms with Crippen LogP contribution in [0, 0.1) is 12.3 Å². The van der Waals surface area contributed by atoms with Crippen LogP contribution in [-0.4, -0.2) is 0 Å². The highest BCUT2D eigenvalue weighted by atomic mass is 14.3. The molecule has 0 heterocycles. The fourth-order valence-corrected chi connectivity index (χ4v) is 4.67. The molecule has 0 atom stereocenters. The molecule has 2 aromatic rings. The van der Waals surface area contributed by atoms with Crippen LogP contribution >= 0.6 is 0 Å². The average Bonchev–Trinajstić information content (AvgIpc) is 2.98. The first-order chi connectivity index (χ1) is 11.6. The molecule has 1 fully saturated rings. The number of hydrogen-bond donors (Lipinski definition) is 0. The molecule has 0 aromatic heterocycles. The first-order valence-corrected chi connectivity index (χ1v) is 9.51. The summed E-state index contributed by atoms with van der Waals surface area (Å²) in [5.74, 6) is 0. The van der Waals surface area contributed by atoms with Crippen molar-refractivity contribution in [3.8, 4) is 11.1 Å². The van der Waals surface area contributed by atoms with Crippen LogP contribution in [0.3, 0.4) is 0 Å². The lowest BCUT2D eigenvalue weighted by Gasteiger charge is -2.34. The molecule has 0 unspecified atom stereocenters. The first kappa shape index (κ1) is 15.7. The molecule has 0 spiro atoms. The van der Waals surface area contributed by atoms with Gasteiger partial charge in [0.25, 0.3) is 0 Å². The molecule has 1 saturated carbocycles. The molecule has 24 heavy (non-hydrogen) atoms. The van der Waals surface area contributed by atoms with E-state index in [1.54, 1.807) is 5.57 Å². The van der Waals surface area contributed by atoms with E-state index < -0.39 is 0 Å². The second kappa shape index (κ2) is 6.24. The zero-order valence-electron chi connectivity index (χ0n) is 15.1. The summed E-state index contributed by atoms with van der Waals surface area (Å²) < 4.78 is 0. The molecule has 0 bridgehead atoms. The van der Waals surface area contributed by atoms with Crippen LogP contribution in [0.1, 0.15) is 62.1 Å². The van der Waals surface area contributed by atoms with Crippen molar-refractivity contribution >= 4 is 6.08 Å². The van der Waals surface area contributed by atoms with Gasteiger partial charge in [-0.15, -0.1) is 0 Å². The normalized spacial score (nSPS) is 19.0. The van der Waals surface area contributed by atoms with Crippen molar-refractivity contribution < 1.29 is 0 Å². The Kier molecular flexibility index (Phi) is 4.08. The zero-order valence-corrected chi connectivity index (χ0v) is 15.1. The van der Waals surface area contributed by atoms with Gasteiger partial charge in [-0.3, -0.25) is 0 Å². The molecule has 2 aliphatic rings. The SMILES string of the molecule is Cc1ccc(-c2cccc3c2C=C(CC2(C)CCCCC2)C3)cc1. The monoisotopic (exact) mass is 316 g/mol. The van der Waals surface area contributed by atoms with Crippen molar-refractivity contribution in [2.75, 3.05) is 0 Å². The van der Waals surface area contributed by atoms with Gasteiger partial charge in [0.15, 0.2) is 0 Å². The maximum Gasteiger partial charge on any atom is -0.00574 e. The molecule has 0 radical (unpaired) electrons. The zero-order chi connectivity index (χ0) is 16.6. The summed E-state index contributed by atoms with van der Waals surface area (Å²) in [4.78, 5) is 0. The van der Waals surface area contributed by atoms with Crippen LogP contribution in [0.25, 0.3) is 17.2 Å². The van der Waals surface area contributed by atoms with Crippen molar-refractivity contribution in [2.45, 2.75) is 58.8 Å². The largest absolute Gasteiger partial charge is 0.0646 e.